The summed E-state index contributed by atoms with van der Waals surface area (Å²) in [4.78, 5) is 19.0. The highest BCUT2D eigenvalue weighted by atomic mass is 32.1. The van der Waals surface area contributed by atoms with Crippen molar-refractivity contribution in [2.24, 2.45) is 5.92 Å². The quantitative estimate of drug-likeness (QED) is 0.834. The molecule has 1 saturated heterocycles. The maximum Gasteiger partial charge on any atom is 0.223 e. The lowest BCUT2D eigenvalue weighted by molar-refractivity contribution is -0.126. The maximum absolute atomic E-state index is 12.1. The highest BCUT2D eigenvalue weighted by Gasteiger charge is 2.25. The molecule has 1 fully saturated rings. The average Bonchev–Trinajstić information content (AvgIpc) is 2.90. The number of likely N-dealkylation sites (N-methyl/N-ethyl adjacent to an activating group) is 1. The van der Waals surface area contributed by atoms with Gasteiger partial charge in [0.2, 0.25) is 5.91 Å². The van der Waals surface area contributed by atoms with E-state index in [0.717, 1.165) is 43.2 Å². The molecule has 2 rings (SSSR count). The average molecular weight is 310 g/mol. The lowest BCUT2D eigenvalue weighted by Crippen LogP contribution is -2.43. The molecule has 1 aromatic heterocycles. The summed E-state index contributed by atoms with van der Waals surface area (Å²) in [5.41, 5.74) is 1.16. The molecular formula is C15H26N4OS. The fourth-order valence-electron chi connectivity index (χ4n) is 2.56. The second kappa shape index (κ2) is 7.87. The summed E-state index contributed by atoms with van der Waals surface area (Å²) < 4.78 is 0. The third-order valence-electron chi connectivity index (χ3n) is 4.09. The molecule has 1 atom stereocenters. The van der Waals surface area contributed by atoms with Crippen molar-refractivity contribution < 1.29 is 4.79 Å². The fraction of sp³-hybridized carbons (Fsp3) is 0.733. The molecule has 0 radical (unpaired) electrons. The van der Waals surface area contributed by atoms with Crippen LogP contribution in [0.25, 0.3) is 0 Å². The van der Waals surface area contributed by atoms with E-state index in [-0.39, 0.29) is 11.8 Å². The number of hydrogen-bond donors (Lipinski definition) is 2. The molecule has 2 N–H and O–H groups in total. The second-order valence-corrected chi connectivity index (χ2v) is 6.91. The number of thiazole rings is 1. The topological polar surface area (TPSA) is 57.3 Å². The van der Waals surface area contributed by atoms with Gasteiger partial charge < -0.3 is 10.6 Å². The van der Waals surface area contributed by atoms with Gasteiger partial charge >= 0.3 is 0 Å². The van der Waals surface area contributed by atoms with Crippen LogP contribution in [0, 0.1) is 12.8 Å². The Bertz CT molecular complexity index is 454. The van der Waals surface area contributed by atoms with Crippen LogP contribution in [0.1, 0.15) is 30.5 Å². The Kier molecular flexibility index (Phi) is 6.14. The Morgan fingerprint density at radius 2 is 2.24 bits per heavy atom. The van der Waals surface area contributed by atoms with Gasteiger partial charge in [0.15, 0.2) is 0 Å². The standard InChI is InChI=1S/C15H26N4OS/c1-11(16-3)8-17-15(20)13-4-6-19(7-5-13)9-14-10-21-12(2)18-14/h10-11,13,16H,4-9H2,1-3H3,(H,17,20). The van der Waals surface area contributed by atoms with Gasteiger partial charge in [-0.05, 0) is 46.8 Å². The zero-order chi connectivity index (χ0) is 15.2. The molecule has 0 aromatic carbocycles. The van der Waals surface area contributed by atoms with E-state index < -0.39 is 0 Å². The van der Waals surface area contributed by atoms with Crippen molar-refractivity contribution in [3.8, 4) is 0 Å². The number of carbonyl (C=O) groups excluding carboxylic acids is 1. The van der Waals surface area contributed by atoms with Crippen LogP contribution in [0.4, 0.5) is 0 Å². The summed E-state index contributed by atoms with van der Waals surface area (Å²) in [7, 11) is 1.91. The Hall–Kier alpha value is -0.980. The number of nitrogens with zero attached hydrogens (tertiary/aromatic N) is 2. The Morgan fingerprint density at radius 1 is 1.52 bits per heavy atom. The normalized spacial score (nSPS) is 18.6. The second-order valence-electron chi connectivity index (χ2n) is 5.84. The third kappa shape index (κ3) is 5.05. The van der Waals surface area contributed by atoms with Gasteiger partial charge in [-0.3, -0.25) is 9.69 Å². The number of likely N-dealkylation sites (tertiary alicyclic amines) is 1. The molecule has 1 aromatic rings. The summed E-state index contributed by atoms with van der Waals surface area (Å²) in [5, 5.41) is 9.43. The molecule has 0 spiro atoms. The van der Waals surface area contributed by atoms with Crippen molar-refractivity contribution in [2.75, 3.05) is 26.7 Å². The van der Waals surface area contributed by atoms with Crippen LogP contribution < -0.4 is 10.6 Å². The molecule has 21 heavy (non-hydrogen) atoms. The third-order valence-corrected chi connectivity index (χ3v) is 4.91. The van der Waals surface area contributed by atoms with Crippen LogP contribution in [0.15, 0.2) is 5.38 Å². The first kappa shape index (κ1) is 16.4. The van der Waals surface area contributed by atoms with Gasteiger partial charge in [-0.1, -0.05) is 0 Å². The molecule has 5 nitrogen and oxygen atoms in total. The van der Waals surface area contributed by atoms with Gasteiger partial charge in [-0.2, -0.15) is 0 Å². The number of aryl methyl sites for hydroxylation is 1. The molecule has 1 amide bonds. The van der Waals surface area contributed by atoms with E-state index in [4.69, 9.17) is 0 Å². The number of nitrogens with one attached hydrogen (secondary N) is 2. The van der Waals surface area contributed by atoms with Crippen LogP contribution >= 0.6 is 11.3 Å². The molecule has 2 heterocycles. The summed E-state index contributed by atoms with van der Waals surface area (Å²) in [5.74, 6) is 0.378. The lowest BCUT2D eigenvalue weighted by Gasteiger charge is -2.31. The highest BCUT2D eigenvalue weighted by molar-refractivity contribution is 7.09. The predicted molar refractivity (Wildman–Crippen MR) is 86.4 cm³/mol. The molecule has 6 heteroatoms. The molecule has 0 aliphatic carbocycles. The van der Waals surface area contributed by atoms with Gasteiger partial charge in [-0.15, -0.1) is 11.3 Å². The zero-order valence-electron chi connectivity index (χ0n) is 13.2. The van der Waals surface area contributed by atoms with Crippen molar-refractivity contribution in [3.05, 3.63) is 16.1 Å². The number of aromatic nitrogens is 1. The van der Waals surface area contributed by atoms with Crippen LogP contribution in [0.3, 0.4) is 0 Å². The number of hydrogen-bond acceptors (Lipinski definition) is 5. The lowest BCUT2D eigenvalue weighted by atomic mass is 9.96. The minimum atomic E-state index is 0.169. The molecule has 0 bridgehead atoms. The van der Waals surface area contributed by atoms with E-state index in [1.165, 1.54) is 0 Å². The Labute approximate surface area is 131 Å². The van der Waals surface area contributed by atoms with Crippen molar-refractivity contribution in [1.29, 1.82) is 0 Å². The highest BCUT2D eigenvalue weighted by Crippen LogP contribution is 2.19. The first-order valence-electron chi connectivity index (χ1n) is 7.67. The Balaban J connectivity index is 1.71. The summed E-state index contributed by atoms with van der Waals surface area (Å²) in [6.07, 6.45) is 1.89. The number of amides is 1. The monoisotopic (exact) mass is 310 g/mol. The van der Waals surface area contributed by atoms with Crippen LogP contribution in [-0.2, 0) is 11.3 Å². The molecule has 1 aliphatic heterocycles. The van der Waals surface area contributed by atoms with Crippen LogP contribution in [-0.4, -0.2) is 48.5 Å². The minimum absolute atomic E-state index is 0.169. The zero-order valence-corrected chi connectivity index (χ0v) is 14.0. The molecule has 1 aliphatic rings. The molecular weight excluding hydrogens is 284 g/mol. The van der Waals surface area contributed by atoms with Gasteiger partial charge in [-0.25, -0.2) is 4.98 Å². The van der Waals surface area contributed by atoms with Gasteiger partial charge in [0.25, 0.3) is 0 Å². The van der Waals surface area contributed by atoms with Gasteiger partial charge in [0.05, 0.1) is 10.7 Å². The van der Waals surface area contributed by atoms with Crippen molar-refractivity contribution >= 4 is 17.2 Å². The van der Waals surface area contributed by atoms with E-state index in [1.54, 1.807) is 11.3 Å². The fourth-order valence-corrected chi connectivity index (χ4v) is 3.17. The van der Waals surface area contributed by atoms with E-state index in [9.17, 15) is 4.79 Å². The summed E-state index contributed by atoms with van der Waals surface area (Å²) >= 11 is 1.70. The number of rotatable bonds is 6. The molecule has 1 unspecified atom stereocenters. The SMILES string of the molecule is CNC(C)CNC(=O)C1CCN(Cc2csc(C)n2)CC1. The molecule has 0 saturated carbocycles. The van der Waals surface area contributed by atoms with E-state index >= 15 is 0 Å². The first-order valence-corrected chi connectivity index (χ1v) is 8.54. The Morgan fingerprint density at radius 3 is 2.81 bits per heavy atom. The van der Waals surface area contributed by atoms with E-state index in [1.807, 2.05) is 14.0 Å². The van der Waals surface area contributed by atoms with Crippen molar-refractivity contribution in [2.45, 2.75) is 39.3 Å². The van der Waals surface area contributed by atoms with Crippen molar-refractivity contribution in [3.63, 3.8) is 0 Å². The summed E-state index contributed by atoms with van der Waals surface area (Å²) in [6, 6.07) is 0.321. The van der Waals surface area contributed by atoms with Crippen LogP contribution in [0.2, 0.25) is 0 Å². The van der Waals surface area contributed by atoms with E-state index in [2.05, 4.69) is 32.8 Å². The van der Waals surface area contributed by atoms with E-state index in [0.29, 0.717) is 12.6 Å². The largest absolute Gasteiger partial charge is 0.354 e. The van der Waals surface area contributed by atoms with Gasteiger partial charge in [0.1, 0.15) is 0 Å². The van der Waals surface area contributed by atoms with Crippen molar-refractivity contribution in [1.82, 2.24) is 20.5 Å². The summed E-state index contributed by atoms with van der Waals surface area (Å²) in [6.45, 7) is 7.69. The smallest absolute Gasteiger partial charge is 0.223 e. The molecule has 118 valence electrons. The number of carbonyl (C=O) groups is 1. The van der Waals surface area contributed by atoms with Gasteiger partial charge in [0, 0.05) is 30.4 Å². The number of piperidine rings is 1. The maximum atomic E-state index is 12.1. The minimum Gasteiger partial charge on any atom is -0.354 e. The first-order chi connectivity index (χ1) is 10.1. The van der Waals surface area contributed by atoms with Crippen LogP contribution in [0.5, 0.6) is 0 Å². The predicted octanol–water partition coefficient (Wildman–Crippen LogP) is 1.39.